The highest BCUT2D eigenvalue weighted by molar-refractivity contribution is 7.85. The summed E-state index contributed by atoms with van der Waals surface area (Å²) in [6.45, 7) is 2.55. The zero-order valence-electron chi connectivity index (χ0n) is 11.9. The summed E-state index contributed by atoms with van der Waals surface area (Å²) in [6, 6.07) is 15.5. The van der Waals surface area contributed by atoms with Crippen LogP contribution < -0.4 is 4.90 Å². The van der Waals surface area contributed by atoms with Crippen molar-refractivity contribution >= 4 is 22.4 Å². The quantitative estimate of drug-likeness (QED) is 0.855. The molecule has 1 aliphatic rings. The van der Waals surface area contributed by atoms with Crippen molar-refractivity contribution in [3.63, 3.8) is 0 Å². The van der Waals surface area contributed by atoms with Gasteiger partial charge in [-0.3, -0.25) is 9.00 Å². The molecule has 0 spiro atoms. The molecule has 0 saturated heterocycles. The van der Waals surface area contributed by atoms with E-state index in [9.17, 15) is 9.00 Å². The maximum Gasteiger partial charge on any atom is 0.231 e. The number of hydrogen-bond donors (Lipinski definition) is 0. The minimum atomic E-state index is -0.996. The number of benzene rings is 2. The predicted octanol–water partition coefficient (Wildman–Crippen LogP) is 2.69. The number of carbonyl (C=O) groups is 1. The van der Waals surface area contributed by atoms with Crippen LogP contribution >= 0.6 is 0 Å². The topological polar surface area (TPSA) is 37.4 Å². The molecule has 1 heterocycles. The molecule has 0 N–H and O–H groups in total. The first kappa shape index (κ1) is 14.0. The van der Waals surface area contributed by atoms with Crippen LogP contribution in [-0.4, -0.2) is 22.4 Å². The van der Waals surface area contributed by atoms with E-state index in [0.29, 0.717) is 18.7 Å². The molecule has 108 valence electrons. The van der Waals surface area contributed by atoms with Gasteiger partial charge in [-0.25, -0.2) is 0 Å². The minimum absolute atomic E-state index is 0.0583. The average molecular weight is 299 g/mol. The lowest BCUT2D eigenvalue weighted by molar-refractivity contribution is -0.118. The van der Waals surface area contributed by atoms with Gasteiger partial charge in [0.25, 0.3) is 0 Å². The number of anilines is 1. The molecule has 0 saturated carbocycles. The maximum atomic E-state index is 12.5. The molecule has 0 fully saturated rings. The highest BCUT2D eigenvalue weighted by Gasteiger charge is 2.25. The summed E-state index contributed by atoms with van der Waals surface area (Å²) in [5, 5.41) is 0. The van der Waals surface area contributed by atoms with Gasteiger partial charge in [0.2, 0.25) is 5.91 Å². The van der Waals surface area contributed by atoms with Crippen LogP contribution in [-0.2, 0) is 22.0 Å². The van der Waals surface area contributed by atoms with Crippen LogP contribution in [0.3, 0.4) is 0 Å². The molecule has 0 bridgehead atoms. The molecular weight excluding hydrogens is 282 g/mol. The first-order chi connectivity index (χ1) is 10.1. The van der Waals surface area contributed by atoms with Gasteiger partial charge < -0.3 is 4.90 Å². The van der Waals surface area contributed by atoms with Gasteiger partial charge in [0, 0.05) is 12.3 Å². The lowest BCUT2D eigenvalue weighted by Gasteiger charge is -2.29. The number of nitrogens with zero attached hydrogens (tertiary/aromatic N) is 1. The van der Waals surface area contributed by atoms with Gasteiger partial charge in [-0.1, -0.05) is 42.0 Å². The summed E-state index contributed by atoms with van der Waals surface area (Å²) >= 11 is 0. The standard InChI is InChI=1S/C17H17NO2S/c1-13-6-8-14(9-7-13)12-17(19)18-10-11-21(20)16-5-3-2-4-15(16)18/h2-9H,10-12H2,1H3. The minimum Gasteiger partial charge on any atom is -0.310 e. The predicted molar refractivity (Wildman–Crippen MR) is 85.0 cm³/mol. The Morgan fingerprint density at radius 2 is 1.86 bits per heavy atom. The third-order valence-corrected chi connectivity index (χ3v) is 5.07. The fraction of sp³-hybridized carbons (Fsp3) is 0.235. The molecular formula is C17H17NO2S. The third kappa shape index (κ3) is 2.90. The van der Waals surface area contributed by atoms with Crippen LogP contribution in [0.15, 0.2) is 53.4 Å². The molecule has 2 aromatic rings. The highest BCUT2D eigenvalue weighted by Crippen LogP contribution is 2.28. The van der Waals surface area contributed by atoms with Crippen molar-refractivity contribution in [2.24, 2.45) is 0 Å². The number of carbonyl (C=O) groups excluding carboxylic acids is 1. The smallest absolute Gasteiger partial charge is 0.231 e. The SMILES string of the molecule is Cc1ccc(CC(=O)N2CCS(=O)c3ccccc32)cc1. The van der Waals surface area contributed by atoms with Gasteiger partial charge in [-0.05, 0) is 24.6 Å². The van der Waals surface area contributed by atoms with E-state index in [0.717, 1.165) is 16.1 Å². The van der Waals surface area contributed by atoms with E-state index in [2.05, 4.69) is 0 Å². The molecule has 1 amide bonds. The van der Waals surface area contributed by atoms with Crippen molar-refractivity contribution in [3.8, 4) is 0 Å². The Labute approximate surface area is 127 Å². The van der Waals surface area contributed by atoms with Crippen molar-refractivity contribution in [2.75, 3.05) is 17.2 Å². The van der Waals surface area contributed by atoms with Crippen molar-refractivity contribution in [1.29, 1.82) is 0 Å². The second-order valence-electron chi connectivity index (χ2n) is 5.23. The summed E-state index contributed by atoms with van der Waals surface area (Å²) in [6.07, 6.45) is 0.376. The summed E-state index contributed by atoms with van der Waals surface area (Å²) in [4.78, 5) is 15.1. The van der Waals surface area contributed by atoms with E-state index in [1.165, 1.54) is 5.56 Å². The van der Waals surface area contributed by atoms with Crippen molar-refractivity contribution in [1.82, 2.24) is 0 Å². The highest BCUT2D eigenvalue weighted by atomic mass is 32.2. The van der Waals surface area contributed by atoms with Crippen LogP contribution in [0.4, 0.5) is 5.69 Å². The molecule has 1 aliphatic heterocycles. The Hall–Kier alpha value is -1.94. The fourth-order valence-corrected chi connectivity index (χ4v) is 3.72. The lowest BCUT2D eigenvalue weighted by Crippen LogP contribution is -2.39. The third-order valence-electron chi connectivity index (χ3n) is 3.68. The number of fused-ring (bicyclic) bond motifs is 1. The van der Waals surface area contributed by atoms with Crippen LogP contribution in [0.1, 0.15) is 11.1 Å². The van der Waals surface area contributed by atoms with Gasteiger partial charge in [0.15, 0.2) is 0 Å². The molecule has 1 atom stereocenters. The Bertz CT molecular complexity index is 694. The zero-order valence-corrected chi connectivity index (χ0v) is 12.7. The molecule has 3 rings (SSSR count). The van der Waals surface area contributed by atoms with E-state index in [-0.39, 0.29) is 5.91 Å². The van der Waals surface area contributed by atoms with E-state index in [4.69, 9.17) is 0 Å². The Balaban J connectivity index is 1.84. The van der Waals surface area contributed by atoms with Crippen LogP contribution in [0.25, 0.3) is 0 Å². The summed E-state index contributed by atoms with van der Waals surface area (Å²) in [5.41, 5.74) is 2.99. The van der Waals surface area contributed by atoms with Crippen molar-refractivity contribution in [3.05, 3.63) is 59.7 Å². The van der Waals surface area contributed by atoms with Crippen LogP contribution in [0.2, 0.25) is 0 Å². The first-order valence-electron chi connectivity index (χ1n) is 6.98. The Morgan fingerprint density at radius 3 is 2.62 bits per heavy atom. The number of rotatable bonds is 2. The number of hydrogen-bond acceptors (Lipinski definition) is 2. The Morgan fingerprint density at radius 1 is 1.14 bits per heavy atom. The normalized spacial score (nSPS) is 17.4. The molecule has 21 heavy (non-hydrogen) atoms. The molecule has 0 radical (unpaired) electrons. The molecule has 3 nitrogen and oxygen atoms in total. The summed E-state index contributed by atoms with van der Waals surface area (Å²) < 4.78 is 12.0. The van der Waals surface area contributed by atoms with Gasteiger partial charge >= 0.3 is 0 Å². The summed E-state index contributed by atoms with van der Waals surface area (Å²) in [7, 11) is -0.996. The Kier molecular flexibility index (Phi) is 3.88. The maximum absolute atomic E-state index is 12.5. The molecule has 4 heteroatoms. The van der Waals surface area contributed by atoms with Crippen molar-refractivity contribution < 1.29 is 9.00 Å². The molecule has 0 aromatic heterocycles. The van der Waals surface area contributed by atoms with Crippen LogP contribution in [0, 0.1) is 6.92 Å². The van der Waals surface area contributed by atoms with Gasteiger partial charge in [-0.15, -0.1) is 0 Å². The van der Waals surface area contributed by atoms with E-state index in [1.54, 1.807) is 4.90 Å². The molecule has 2 aromatic carbocycles. The van der Waals surface area contributed by atoms with Crippen molar-refractivity contribution in [2.45, 2.75) is 18.2 Å². The largest absolute Gasteiger partial charge is 0.310 e. The average Bonchev–Trinajstić information content (AvgIpc) is 2.50. The first-order valence-corrected chi connectivity index (χ1v) is 8.30. The van der Waals surface area contributed by atoms with E-state index in [1.807, 2.05) is 55.5 Å². The number of amides is 1. The second kappa shape index (κ2) is 5.82. The monoisotopic (exact) mass is 299 g/mol. The summed E-state index contributed by atoms with van der Waals surface area (Å²) in [5.74, 6) is 0.569. The van der Waals surface area contributed by atoms with E-state index < -0.39 is 10.8 Å². The van der Waals surface area contributed by atoms with Gasteiger partial charge in [-0.2, -0.15) is 0 Å². The molecule has 1 unspecified atom stereocenters. The van der Waals surface area contributed by atoms with Gasteiger partial charge in [0.1, 0.15) is 0 Å². The van der Waals surface area contributed by atoms with E-state index >= 15 is 0 Å². The fourth-order valence-electron chi connectivity index (χ4n) is 2.51. The second-order valence-corrected chi connectivity index (χ2v) is 6.76. The molecule has 0 aliphatic carbocycles. The number of para-hydroxylation sites is 1. The van der Waals surface area contributed by atoms with Crippen LogP contribution in [0.5, 0.6) is 0 Å². The number of aryl methyl sites for hydroxylation is 1. The zero-order chi connectivity index (χ0) is 14.8. The lowest BCUT2D eigenvalue weighted by atomic mass is 10.1. The van der Waals surface area contributed by atoms with Gasteiger partial charge in [0.05, 0.1) is 27.8 Å².